The van der Waals surface area contributed by atoms with E-state index in [1.54, 1.807) is 30.3 Å². The van der Waals surface area contributed by atoms with Crippen molar-refractivity contribution >= 4 is 46.5 Å². The highest BCUT2D eigenvalue weighted by atomic mass is 35.5. The molecule has 1 aromatic carbocycles. The molecular weight excluding hydrogens is 366 g/mol. The Kier molecular flexibility index (Phi) is 6.97. The average Bonchev–Trinajstić information content (AvgIpc) is 3.04. The van der Waals surface area contributed by atoms with Crippen molar-refractivity contribution in [2.45, 2.75) is 13.3 Å². The summed E-state index contributed by atoms with van der Waals surface area (Å²) in [5.41, 5.74) is 0.875. The lowest BCUT2D eigenvalue weighted by Gasteiger charge is -2.07. The van der Waals surface area contributed by atoms with Gasteiger partial charge >= 0.3 is 11.9 Å². The molecule has 1 N–H and O–H groups in total. The van der Waals surface area contributed by atoms with Crippen LogP contribution in [0.15, 0.2) is 36.4 Å². The number of nitrogens with one attached hydrogen (secondary N) is 1. The van der Waals surface area contributed by atoms with Gasteiger partial charge in [-0.3, -0.25) is 4.79 Å². The van der Waals surface area contributed by atoms with Gasteiger partial charge in [-0.05, 0) is 42.8 Å². The maximum absolute atomic E-state index is 11.8. The van der Waals surface area contributed by atoms with Crippen LogP contribution < -0.4 is 5.32 Å². The third-order valence-corrected chi connectivity index (χ3v) is 4.16. The van der Waals surface area contributed by atoms with E-state index in [9.17, 15) is 14.4 Å². The molecule has 8 heteroatoms. The van der Waals surface area contributed by atoms with Crippen LogP contribution in [0.2, 0.25) is 4.34 Å². The number of carbonyl (C=O) groups is 3. The molecule has 1 amide bonds. The standard InChI is InChI=1S/C17H16ClNO5S/c1-2-9-23-16(21)11-3-5-12(6-4-11)19-15(20)10-24-17(22)13-7-8-14(18)25-13/h3-8H,2,9-10H2,1H3,(H,19,20). The van der Waals surface area contributed by atoms with E-state index in [1.807, 2.05) is 6.92 Å². The molecule has 0 aliphatic rings. The van der Waals surface area contributed by atoms with Crippen molar-refractivity contribution in [3.8, 4) is 0 Å². The van der Waals surface area contributed by atoms with Gasteiger partial charge in [0.25, 0.3) is 5.91 Å². The normalized spacial score (nSPS) is 10.2. The number of ether oxygens (including phenoxy) is 2. The smallest absolute Gasteiger partial charge is 0.348 e. The number of rotatable bonds is 7. The van der Waals surface area contributed by atoms with Crippen molar-refractivity contribution in [3.63, 3.8) is 0 Å². The number of amides is 1. The van der Waals surface area contributed by atoms with E-state index in [0.29, 0.717) is 27.1 Å². The highest BCUT2D eigenvalue weighted by Gasteiger charge is 2.13. The molecule has 0 saturated heterocycles. The predicted molar refractivity (Wildman–Crippen MR) is 95.3 cm³/mol. The molecule has 0 bridgehead atoms. The summed E-state index contributed by atoms with van der Waals surface area (Å²) >= 11 is 6.81. The van der Waals surface area contributed by atoms with Crippen molar-refractivity contribution in [3.05, 3.63) is 51.2 Å². The van der Waals surface area contributed by atoms with E-state index in [4.69, 9.17) is 21.1 Å². The molecule has 0 aliphatic heterocycles. The van der Waals surface area contributed by atoms with Crippen molar-refractivity contribution in [2.24, 2.45) is 0 Å². The minimum Gasteiger partial charge on any atom is -0.462 e. The predicted octanol–water partition coefficient (Wildman–Crippen LogP) is 3.76. The lowest BCUT2D eigenvalue weighted by atomic mass is 10.2. The molecule has 25 heavy (non-hydrogen) atoms. The number of carbonyl (C=O) groups excluding carboxylic acids is 3. The largest absolute Gasteiger partial charge is 0.462 e. The van der Waals surface area contributed by atoms with Crippen LogP contribution in [0, 0.1) is 0 Å². The molecule has 0 unspecified atom stereocenters. The SMILES string of the molecule is CCCOC(=O)c1ccc(NC(=O)COC(=O)c2ccc(Cl)s2)cc1. The van der Waals surface area contributed by atoms with Crippen molar-refractivity contribution in [1.29, 1.82) is 0 Å². The molecule has 6 nitrogen and oxygen atoms in total. The summed E-state index contributed by atoms with van der Waals surface area (Å²) in [5, 5.41) is 2.57. The molecule has 132 valence electrons. The van der Waals surface area contributed by atoms with E-state index >= 15 is 0 Å². The van der Waals surface area contributed by atoms with E-state index in [-0.39, 0.29) is 0 Å². The lowest BCUT2D eigenvalue weighted by molar-refractivity contribution is -0.119. The number of thiophene rings is 1. The second-order valence-electron chi connectivity index (χ2n) is 4.94. The van der Waals surface area contributed by atoms with Crippen LogP contribution in [-0.4, -0.2) is 31.1 Å². The monoisotopic (exact) mass is 381 g/mol. The van der Waals surface area contributed by atoms with Crippen LogP contribution in [0.4, 0.5) is 5.69 Å². The molecule has 2 rings (SSSR count). The third kappa shape index (κ3) is 5.88. The van der Waals surface area contributed by atoms with E-state index in [1.165, 1.54) is 6.07 Å². The fraction of sp³-hybridized carbons (Fsp3) is 0.235. The van der Waals surface area contributed by atoms with Gasteiger partial charge in [-0.15, -0.1) is 11.3 Å². The van der Waals surface area contributed by atoms with Gasteiger partial charge in [0.1, 0.15) is 4.88 Å². The average molecular weight is 382 g/mol. The summed E-state index contributed by atoms with van der Waals surface area (Å²) < 4.78 is 10.4. The first-order valence-electron chi connectivity index (χ1n) is 7.49. The zero-order chi connectivity index (χ0) is 18.2. The van der Waals surface area contributed by atoms with Crippen LogP contribution in [0.3, 0.4) is 0 Å². The first kappa shape index (κ1) is 19.0. The number of anilines is 1. The first-order valence-corrected chi connectivity index (χ1v) is 8.68. The van der Waals surface area contributed by atoms with Crippen LogP contribution >= 0.6 is 22.9 Å². The Labute approximate surface area is 153 Å². The van der Waals surface area contributed by atoms with Crippen LogP contribution in [0.25, 0.3) is 0 Å². The van der Waals surface area contributed by atoms with Crippen molar-refractivity contribution in [2.75, 3.05) is 18.5 Å². The molecule has 0 atom stereocenters. The maximum atomic E-state index is 11.8. The number of halogens is 1. The minimum absolute atomic E-state index is 0.327. The number of hydrogen-bond acceptors (Lipinski definition) is 6. The Balaban J connectivity index is 1.82. The summed E-state index contributed by atoms with van der Waals surface area (Å²) in [6.07, 6.45) is 0.746. The minimum atomic E-state index is -0.610. The van der Waals surface area contributed by atoms with Gasteiger partial charge < -0.3 is 14.8 Å². The Bertz CT molecular complexity index is 757. The quantitative estimate of drug-likeness (QED) is 0.738. The van der Waals surface area contributed by atoms with Crippen LogP contribution in [-0.2, 0) is 14.3 Å². The van der Waals surface area contributed by atoms with Crippen LogP contribution in [0.1, 0.15) is 33.4 Å². The van der Waals surface area contributed by atoms with Gasteiger partial charge in [-0.1, -0.05) is 18.5 Å². The van der Waals surface area contributed by atoms with Gasteiger partial charge in [0, 0.05) is 5.69 Å². The second kappa shape index (κ2) is 9.19. The molecular formula is C17H16ClNO5S. The molecule has 0 aliphatic carbocycles. The summed E-state index contributed by atoms with van der Waals surface area (Å²) in [6.45, 7) is 1.85. The Morgan fingerprint density at radius 1 is 1.04 bits per heavy atom. The summed E-state index contributed by atoms with van der Waals surface area (Å²) in [6, 6.07) is 9.35. The lowest BCUT2D eigenvalue weighted by Crippen LogP contribution is -2.20. The number of esters is 2. The molecule has 2 aromatic rings. The molecule has 0 saturated carbocycles. The second-order valence-corrected chi connectivity index (χ2v) is 6.66. The maximum Gasteiger partial charge on any atom is 0.348 e. The van der Waals surface area contributed by atoms with Crippen molar-refractivity contribution < 1.29 is 23.9 Å². The van der Waals surface area contributed by atoms with E-state index in [2.05, 4.69) is 5.32 Å². The zero-order valence-electron chi connectivity index (χ0n) is 13.4. The Hall–Kier alpha value is -2.38. The summed E-state index contributed by atoms with van der Waals surface area (Å²) in [4.78, 5) is 35.5. The molecule has 1 aromatic heterocycles. The zero-order valence-corrected chi connectivity index (χ0v) is 15.0. The topological polar surface area (TPSA) is 81.7 Å². The van der Waals surface area contributed by atoms with Gasteiger partial charge in [0.15, 0.2) is 6.61 Å². The van der Waals surface area contributed by atoms with Gasteiger partial charge in [0.05, 0.1) is 16.5 Å². The number of benzene rings is 1. The van der Waals surface area contributed by atoms with Crippen molar-refractivity contribution in [1.82, 2.24) is 0 Å². The fourth-order valence-corrected chi connectivity index (χ4v) is 2.73. The van der Waals surface area contributed by atoms with Crippen LogP contribution in [0.5, 0.6) is 0 Å². The third-order valence-electron chi connectivity index (χ3n) is 2.95. The number of hydrogen-bond donors (Lipinski definition) is 1. The molecule has 0 fully saturated rings. The Morgan fingerprint density at radius 2 is 1.76 bits per heavy atom. The molecule has 1 heterocycles. The molecule has 0 spiro atoms. The fourth-order valence-electron chi connectivity index (χ4n) is 1.79. The molecule has 0 radical (unpaired) electrons. The summed E-state index contributed by atoms with van der Waals surface area (Å²) in [7, 11) is 0. The highest BCUT2D eigenvalue weighted by Crippen LogP contribution is 2.22. The summed E-state index contributed by atoms with van der Waals surface area (Å²) in [5.74, 6) is -1.51. The van der Waals surface area contributed by atoms with E-state index < -0.39 is 24.5 Å². The highest BCUT2D eigenvalue weighted by molar-refractivity contribution is 7.17. The van der Waals surface area contributed by atoms with Gasteiger partial charge in [-0.25, -0.2) is 9.59 Å². The Morgan fingerprint density at radius 3 is 2.36 bits per heavy atom. The van der Waals surface area contributed by atoms with Gasteiger partial charge in [0.2, 0.25) is 0 Å². The van der Waals surface area contributed by atoms with E-state index in [0.717, 1.165) is 17.8 Å². The van der Waals surface area contributed by atoms with Gasteiger partial charge in [-0.2, -0.15) is 0 Å². The first-order chi connectivity index (χ1) is 12.0.